The first-order valence-corrected chi connectivity index (χ1v) is 9.97. The third kappa shape index (κ3) is 3.83. The minimum atomic E-state index is -0.877. The minimum Gasteiger partial charge on any atom is -0.373 e. The lowest BCUT2D eigenvalue weighted by atomic mass is 9.97. The number of methoxy groups -OCH3 is 1. The second-order valence-electron chi connectivity index (χ2n) is 8.02. The molecular weight excluding hydrogens is 358 g/mol. The summed E-state index contributed by atoms with van der Waals surface area (Å²) in [6, 6.07) is -0.154. The Labute approximate surface area is 166 Å². The van der Waals surface area contributed by atoms with Gasteiger partial charge in [0.05, 0.1) is 18.3 Å². The highest BCUT2D eigenvalue weighted by Gasteiger charge is 2.39. The van der Waals surface area contributed by atoms with Crippen LogP contribution >= 0.6 is 0 Å². The summed E-state index contributed by atoms with van der Waals surface area (Å²) in [5, 5.41) is 3.16. The molecule has 1 aromatic rings. The molecule has 0 aromatic carbocycles. The van der Waals surface area contributed by atoms with Crippen molar-refractivity contribution in [2.45, 2.75) is 64.6 Å². The SMILES string of the molecule is CNc1nc([C@H]2CCCCN2C(=O)C(C)(C)OC)nc2c1CN(C(C)=O)CC2. The number of fused-ring (bicyclic) bond motifs is 1. The van der Waals surface area contributed by atoms with Gasteiger partial charge in [-0.3, -0.25) is 9.59 Å². The first kappa shape index (κ1) is 20.5. The van der Waals surface area contributed by atoms with Crippen LogP contribution in [0.3, 0.4) is 0 Å². The second-order valence-corrected chi connectivity index (χ2v) is 8.02. The Morgan fingerprint density at radius 2 is 1.96 bits per heavy atom. The Balaban J connectivity index is 1.96. The van der Waals surface area contributed by atoms with E-state index in [0.717, 1.165) is 36.3 Å². The van der Waals surface area contributed by atoms with Gasteiger partial charge in [0.1, 0.15) is 11.4 Å². The summed E-state index contributed by atoms with van der Waals surface area (Å²) in [7, 11) is 3.39. The van der Waals surface area contributed by atoms with Crippen molar-refractivity contribution in [2.24, 2.45) is 0 Å². The molecule has 0 unspecified atom stereocenters. The van der Waals surface area contributed by atoms with Crippen LogP contribution < -0.4 is 5.32 Å². The zero-order valence-corrected chi connectivity index (χ0v) is 17.5. The Hall–Kier alpha value is -2.22. The molecule has 0 saturated carbocycles. The highest BCUT2D eigenvalue weighted by molar-refractivity contribution is 5.84. The Morgan fingerprint density at radius 3 is 2.61 bits per heavy atom. The molecule has 0 aliphatic carbocycles. The largest absolute Gasteiger partial charge is 0.373 e. The van der Waals surface area contributed by atoms with E-state index in [1.54, 1.807) is 27.9 Å². The Bertz CT molecular complexity index is 747. The van der Waals surface area contributed by atoms with Crippen molar-refractivity contribution in [3.8, 4) is 0 Å². The second kappa shape index (κ2) is 8.03. The molecule has 2 aliphatic rings. The quantitative estimate of drug-likeness (QED) is 0.846. The maximum Gasteiger partial charge on any atom is 0.254 e. The lowest BCUT2D eigenvalue weighted by molar-refractivity contribution is -0.155. The van der Waals surface area contributed by atoms with E-state index in [-0.39, 0.29) is 17.9 Å². The number of nitrogens with one attached hydrogen (secondary N) is 1. The average molecular weight is 390 g/mol. The monoisotopic (exact) mass is 389 g/mol. The number of ether oxygens (including phenoxy) is 1. The molecule has 1 atom stereocenters. The zero-order chi connectivity index (χ0) is 20.5. The fourth-order valence-corrected chi connectivity index (χ4v) is 3.93. The number of carbonyl (C=O) groups excluding carboxylic acids is 2. The molecule has 3 heterocycles. The fraction of sp³-hybridized carbons (Fsp3) is 0.700. The summed E-state index contributed by atoms with van der Waals surface area (Å²) in [6.07, 6.45) is 3.55. The number of anilines is 1. The van der Waals surface area contributed by atoms with Crippen LogP contribution in [0.25, 0.3) is 0 Å². The van der Waals surface area contributed by atoms with Crippen LogP contribution in [0, 0.1) is 0 Å². The molecule has 28 heavy (non-hydrogen) atoms. The summed E-state index contributed by atoms with van der Waals surface area (Å²) in [5.41, 5.74) is 1.06. The predicted molar refractivity (Wildman–Crippen MR) is 106 cm³/mol. The van der Waals surface area contributed by atoms with Gasteiger partial charge in [0.2, 0.25) is 5.91 Å². The Morgan fingerprint density at radius 1 is 1.21 bits per heavy atom. The number of hydrogen-bond donors (Lipinski definition) is 1. The number of aromatic nitrogens is 2. The normalized spacial score (nSPS) is 20.0. The molecule has 154 valence electrons. The number of nitrogens with zero attached hydrogens (tertiary/aromatic N) is 4. The number of amides is 2. The van der Waals surface area contributed by atoms with Crippen molar-refractivity contribution >= 4 is 17.6 Å². The van der Waals surface area contributed by atoms with E-state index < -0.39 is 5.60 Å². The number of carbonyl (C=O) groups is 2. The number of piperidine rings is 1. The first-order valence-electron chi connectivity index (χ1n) is 9.97. The molecular formula is C20H31N5O3. The fourth-order valence-electron chi connectivity index (χ4n) is 3.93. The van der Waals surface area contributed by atoms with E-state index in [1.165, 1.54) is 0 Å². The van der Waals surface area contributed by atoms with Gasteiger partial charge in [0.15, 0.2) is 5.82 Å². The van der Waals surface area contributed by atoms with E-state index >= 15 is 0 Å². The van der Waals surface area contributed by atoms with E-state index in [1.807, 2.05) is 16.8 Å². The molecule has 8 heteroatoms. The van der Waals surface area contributed by atoms with Gasteiger partial charge < -0.3 is 19.9 Å². The number of hydrogen-bond acceptors (Lipinski definition) is 6. The van der Waals surface area contributed by atoms with Crippen LogP contribution in [0.2, 0.25) is 0 Å². The van der Waals surface area contributed by atoms with E-state index in [2.05, 4.69) is 5.32 Å². The van der Waals surface area contributed by atoms with Crippen molar-refractivity contribution in [1.29, 1.82) is 0 Å². The average Bonchev–Trinajstić information content (AvgIpc) is 2.71. The molecule has 1 N–H and O–H groups in total. The van der Waals surface area contributed by atoms with E-state index in [0.29, 0.717) is 31.9 Å². The molecule has 1 fully saturated rings. The Kier molecular flexibility index (Phi) is 5.88. The number of rotatable bonds is 4. The lowest BCUT2D eigenvalue weighted by Crippen LogP contribution is -2.50. The molecule has 1 saturated heterocycles. The summed E-state index contributed by atoms with van der Waals surface area (Å²) in [5.74, 6) is 1.45. The third-order valence-corrected chi connectivity index (χ3v) is 5.85. The van der Waals surface area contributed by atoms with Gasteiger partial charge >= 0.3 is 0 Å². The summed E-state index contributed by atoms with van der Waals surface area (Å²) < 4.78 is 5.42. The molecule has 0 radical (unpaired) electrons. The van der Waals surface area contributed by atoms with Gasteiger partial charge in [-0.15, -0.1) is 0 Å². The van der Waals surface area contributed by atoms with Gasteiger partial charge in [0.25, 0.3) is 5.91 Å². The summed E-state index contributed by atoms with van der Waals surface area (Å²) in [4.78, 5) is 38.2. The first-order chi connectivity index (χ1) is 13.3. The molecule has 2 amide bonds. The molecule has 0 spiro atoms. The van der Waals surface area contributed by atoms with Crippen LogP contribution in [0.15, 0.2) is 0 Å². The van der Waals surface area contributed by atoms with Crippen LogP contribution in [0.1, 0.15) is 63.2 Å². The smallest absolute Gasteiger partial charge is 0.254 e. The van der Waals surface area contributed by atoms with Gasteiger partial charge in [-0.2, -0.15) is 0 Å². The van der Waals surface area contributed by atoms with Crippen molar-refractivity contribution < 1.29 is 14.3 Å². The van der Waals surface area contributed by atoms with Crippen LogP contribution in [-0.4, -0.2) is 64.4 Å². The lowest BCUT2D eigenvalue weighted by Gasteiger charge is -2.39. The minimum absolute atomic E-state index is 0.0326. The van der Waals surface area contributed by atoms with E-state index in [9.17, 15) is 9.59 Å². The number of likely N-dealkylation sites (tertiary alicyclic amines) is 1. The van der Waals surface area contributed by atoms with Crippen LogP contribution in [-0.2, 0) is 27.3 Å². The van der Waals surface area contributed by atoms with Gasteiger partial charge in [-0.05, 0) is 33.1 Å². The maximum atomic E-state index is 13.1. The van der Waals surface area contributed by atoms with Crippen molar-refractivity contribution in [3.63, 3.8) is 0 Å². The third-order valence-electron chi connectivity index (χ3n) is 5.85. The van der Waals surface area contributed by atoms with Crippen molar-refractivity contribution in [2.75, 3.05) is 32.6 Å². The van der Waals surface area contributed by atoms with Gasteiger partial charge in [-0.25, -0.2) is 9.97 Å². The topological polar surface area (TPSA) is 87.7 Å². The highest BCUT2D eigenvalue weighted by Crippen LogP contribution is 2.34. The molecule has 2 aliphatic heterocycles. The maximum absolute atomic E-state index is 13.1. The highest BCUT2D eigenvalue weighted by atomic mass is 16.5. The van der Waals surface area contributed by atoms with Crippen molar-refractivity contribution in [1.82, 2.24) is 19.8 Å². The van der Waals surface area contributed by atoms with Crippen LogP contribution in [0.5, 0.6) is 0 Å². The standard InChI is InChI=1S/C20H31N5O3/c1-13(26)24-11-9-15-14(12-24)17(21-4)23-18(22-15)16-8-6-7-10-25(16)19(27)20(2,3)28-5/h16H,6-12H2,1-5H3,(H,21,22,23)/t16-/m1/s1. The van der Waals surface area contributed by atoms with Gasteiger partial charge in [0, 0.05) is 46.2 Å². The predicted octanol–water partition coefficient (Wildman–Crippen LogP) is 1.90. The van der Waals surface area contributed by atoms with E-state index in [4.69, 9.17) is 14.7 Å². The van der Waals surface area contributed by atoms with Crippen LogP contribution in [0.4, 0.5) is 5.82 Å². The summed E-state index contributed by atoms with van der Waals surface area (Å²) >= 11 is 0. The molecule has 0 bridgehead atoms. The molecule has 8 nitrogen and oxygen atoms in total. The molecule has 3 rings (SSSR count). The molecule has 1 aromatic heterocycles. The van der Waals surface area contributed by atoms with Crippen molar-refractivity contribution in [3.05, 3.63) is 17.1 Å². The van der Waals surface area contributed by atoms with Gasteiger partial charge in [-0.1, -0.05) is 0 Å². The zero-order valence-electron chi connectivity index (χ0n) is 17.5. The summed E-state index contributed by atoms with van der Waals surface area (Å²) in [6.45, 7) is 7.04.